The number of nitrogens with two attached hydrogens (primary N) is 1. The van der Waals surface area contributed by atoms with Crippen LogP contribution in [0, 0.1) is 5.41 Å². The van der Waals surface area contributed by atoms with Crippen molar-refractivity contribution < 1.29 is 14.3 Å². The van der Waals surface area contributed by atoms with E-state index in [1.807, 2.05) is 30.5 Å². The van der Waals surface area contributed by atoms with Crippen molar-refractivity contribution in [2.45, 2.75) is 6.10 Å². The van der Waals surface area contributed by atoms with E-state index in [-0.39, 0.29) is 18.5 Å². The Morgan fingerprint density at radius 1 is 1.27 bits per heavy atom. The van der Waals surface area contributed by atoms with Gasteiger partial charge in [0.05, 0.1) is 6.54 Å². The predicted molar refractivity (Wildman–Crippen MR) is 98.9 cm³/mol. The summed E-state index contributed by atoms with van der Waals surface area (Å²) < 4.78 is 11.2. The fraction of sp³-hybridized carbons (Fsp3) is 0.158. The highest BCUT2D eigenvalue weighted by Crippen LogP contribution is 2.24. The molecule has 1 aliphatic heterocycles. The van der Waals surface area contributed by atoms with E-state index in [4.69, 9.17) is 20.6 Å². The van der Waals surface area contributed by atoms with Crippen LogP contribution in [0.25, 0.3) is 10.9 Å². The van der Waals surface area contributed by atoms with Crippen LogP contribution in [0.5, 0.6) is 5.75 Å². The first-order valence-corrected chi connectivity index (χ1v) is 8.23. The third kappa shape index (κ3) is 3.06. The van der Waals surface area contributed by atoms with E-state index in [0.717, 1.165) is 16.7 Å². The van der Waals surface area contributed by atoms with Gasteiger partial charge in [-0.3, -0.25) is 10.3 Å². The van der Waals surface area contributed by atoms with Gasteiger partial charge in [-0.2, -0.15) is 0 Å². The van der Waals surface area contributed by atoms with Gasteiger partial charge in [-0.15, -0.1) is 0 Å². The van der Waals surface area contributed by atoms with Crippen LogP contribution in [0.3, 0.4) is 0 Å². The number of aromatic amines is 1. The molecular formula is C19H18N4O3. The third-order valence-electron chi connectivity index (χ3n) is 4.33. The molecule has 1 aliphatic rings. The molecule has 4 rings (SSSR count). The summed E-state index contributed by atoms with van der Waals surface area (Å²) in [5, 5.41) is 8.53. The molecule has 0 spiro atoms. The number of hydrogen-bond donors (Lipinski definition) is 3. The first-order valence-electron chi connectivity index (χ1n) is 8.23. The molecule has 26 heavy (non-hydrogen) atoms. The fourth-order valence-corrected chi connectivity index (χ4v) is 2.95. The van der Waals surface area contributed by atoms with Gasteiger partial charge in [-0.05, 0) is 47.9 Å². The number of hydrogen-bond acceptors (Lipinski definition) is 4. The summed E-state index contributed by atoms with van der Waals surface area (Å²) in [7, 11) is 0. The second-order valence-corrected chi connectivity index (χ2v) is 6.11. The van der Waals surface area contributed by atoms with Gasteiger partial charge in [-0.25, -0.2) is 4.79 Å². The highest BCUT2D eigenvalue weighted by atomic mass is 16.6. The van der Waals surface area contributed by atoms with E-state index in [9.17, 15) is 4.79 Å². The summed E-state index contributed by atoms with van der Waals surface area (Å²) >= 11 is 0. The molecule has 1 aromatic heterocycles. The monoisotopic (exact) mass is 350 g/mol. The standard InChI is InChI=1S/C19H18N4O3/c20-18(21)13-1-4-14(5-2-13)23-10-16(26-19(23)24)11-25-15-6-3-12-7-8-22-17(12)9-15/h1-9,16,22H,10-11H2,(H3,20,21). The third-order valence-corrected chi connectivity index (χ3v) is 4.33. The van der Waals surface area contributed by atoms with Crippen LogP contribution >= 0.6 is 0 Å². The Kier molecular flexibility index (Phi) is 3.96. The molecule has 0 radical (unpaired) electrons. The molecule has 2 aromatic carbocycles. The molecule has 1 fully saturated rings. The molecule has 1 atom stereocenters. The molecule has 7 heteroatoms. The van der Waals surface area contributed by atoms with E-state index in [0.29, 0.717) is 17.8 Å². The summed E-state index contributed by atoms with van der Waals surface area (Å²) in [5.74, 6) is 0.714. The average molecular weight is 350 g/mol. The van der Waals surface area contributed by atoms with Gasteiger partial charge in [0, 0.05) is 29.0 Å². The fourth-order valence-electron chi connectivity index (χ4n) is 2.95. The lowest BCUT2D eigenvalue weighted by molar-refractivity contribution is 0.105. The SMILES string of the molecule is N=C(N)c1ccc(N2CC(COc3ccc4cc[nH]c4c3)OC2=O)cc1. The van der Waals surface area contributed by atoms with E-state index < -0.39 is 6.09 Å². The number of aromatic nitrogens is 1. The van der Waals surface area contributed by atoms with Crippen molar-refractivity contribution in [1.82, 2.24) is 4.98 Å². The summed E-state index contributed by atoms with van der Waals surface area (Å²) in [4.78, 5) is 16.8. The molecule has 4 N–H and O–H groups in total. The Labute approximate surface area is 149 Å². The molecule has 132 valence electrons. The van der Waals surface area contributed by atoms with Gasteiger partial charge < -0.3 is 20.2 Å². The zero-order valence-electron chi connectivity index (χ0n) is 13.9. The molecule has 3 aromatic rings. The Morgan fingerprint density at radius 2 is 2.08 bits per heavy atom. The maximum atomic E-state index is 12.1. The second kappa shape index (κ2) is 6.44. The number of H-pyrrole nitrogens is 1. The minimum Gasteiger partial charge on any atom is -0.490 e. The first-order chi connectivity index (χ1) is 12.6. The predicted octanol–water partition coefficient (Wildman–Crippen LogP) is 2.86. The van der Waals surface area contributed by atoms with Crippen molar-refractivity contribution in [3.8, 4) is 5.75 Å². The Morgan fingerprint density at radius 3 is 2.85 bits per heavy atom. The van der Waals surface area contributed by atoms with Crippen LogP contribution in [0.15, 0.2) is 54.7 Å². The largest absolute Gasteiger partial charge is 0.490 e. The lowest BCUT2D eigenvalue weighted by atomic mass is 10.2. The number of amidine groups is 1. The minimum absolute atomic E-state index is 0.00846. The van der Waals surface area contributed by atoms with Crippen LogP contribution in [0.4, 0.5) is 10.5 Å². The average Bonchev–Trinajstić information content (AvgIpc) is 3.25. The Bertz CT molecular complexity index is 964. The number of benzene rings is 2. The quantitative estimate of drug-likeness (QED) is 0.486. The lowest BCUT2D eigenvalue weighted by Crippen LogP contribution is -2.26. The van der Waals surface area contributed by atoms with Crippen molar-refractivity contribution in [2.75, 3.05) is 18.1 Å². The molecule has 7 nitrogen and oxygen atoms in total. The summed E-state index contributed by atoms with van der Waals surface area (Å²) in [6, 6.07) is 14.7. The molecule has 0 aliphatic carbocycles. The van der Waals surface area contributed by atoms with E-state index >= 15 is 0 Å². The highest BCUT2D eigenvalue weighted by Gasteiger charge is 2.32. The normalized spacial score (nSPS) is 16.7. The molecular weight excluding hydrogens is 332 g/mol. The number of carbonyl (C=O) groups is 1. The number of fused-ring (bicyclic) bond motifs is 1. The number of carbonyl (C=O) groups excluding carboxylic acids is 1. The Balaban J connectivity index is 1.40. The van der Waals surface area contributed by atoms with Crippen molar-refractivity contribution in [1.29, 1.82) is 5.41 Å². The van der Waals surface area contributed by atoms with E-state index in [2.05, 4.69) is 4.98 Å². The smallest absolute Gasteiger partial charge is 0.414 e. The zero-order valence-corrected chi connectivity index (χ0v) is 13.9. The molecule has 1 amide bonds. The first kappa shape index (κ1) is 16.0. The van der Waals surface area contributed by atoms with Gasteiger partial charge in [0.15, 0.2) is 6.10 Å². The van der Waals surface area contributed by atoms with E-state index in [1.54, 1.807) is 29.2 Å². The molecule has 1 saturated heterocycles. The second-order valence-electron chi connectivity index (χ2n) is 6.11. The molecule has 0 bridgehead atoms. The number of nitrogens with one attached hydrogen (secondary N) is 2. The number of amides is 1. The lowest BCUT2D eigenvalue weighted by Gasteiger charge is -2.13. The molecule has 2 heterocycles. The molecule has 1 unspecified atom stereocenters. The van der Waals surface area contributed by atoms with Gasteiger partial charge in [-0.1, -0.05) is 0 Å². The summed E-state index contributed by atoms with van der Waals surface area (Å²) in [6.07, 6.45) is 1.12. The highest BCUT2D eigenvalue weighted by molar-refractivity contribution is 5.96. The van der Waals surface area contributed by atoms with Crippen LogP contribution < -0.4 is 15.4 Å². The van der Waals surface area contributed by atoms with Crippen molar-refractivity contribution in [2.24, 2.45) is 5.73 Å². The number of anilines is 1. The summed E-state index contributed by atoms with van der Waals surface area (Å²) in [6.45, 7) is 0.684. The van der Waals surface area contributed by atoms with Gasteiger partial charge in [0.2, 0.25) is 0 Å². The zero-order chi connectivity index (χ0) is 18.1. The minimum atomic E-state index is -0.408. The van der Waals surface area contributed by atoms with Crippen LogP contribution in [-0.2, 0) is 4.74 Å². The number of nitrogen functional groups attached to an aromatic ring is 1. The topological polar surface area (TPSA) is 104 Å². The van der Waals surface area contributed by atoms with Crippen LogP contribution in [-0.4, -0.2) is 36.2 Å². The number of ether oxygens (including phenoxy) is 2. The van der Waals surface area contributed by atoms with Crippen LogP contribution in [0.1, 0.15) is 5.56 Å². The van der Waals surface area contributed by atoms with E-state index in [1.165, 1.54) is 0 Å². The molecule has 0 saturated carbocycles. The van der Waals surface area contributed by atoms with Crippen LogP contribution in [0.2, 0.25) is 0 Å². The van der Waals surface area contributed by atoms with Crippen molar-refractivity contribution in [3.63, 3.8) is 0 Å². The van der Waals surface area contributed by atoms with Crippen molar-refractivity contribution in [3.05, 3.63) is 60.3 Å². The van der Waals surface area contributed by atoms with Crippen molar-refractivity contribution >= 4 is 28.5 Å². The van der Waals surface area contributed by atoms with Gasteiger partial charge >= 0.3 is 6.09 Å². The maximum Gasteiger partial charge on any atom is 0.414 e. The summed E-state index contributed by atoms with van der Waals surface area (Å²) in [5.41, 5.74) is 7.76. The number of nitrogens with zero attached hydrogens (tertiary/aromatic N) is 1. The maximum absolute atomic E-state index is 12.1. The Hall–Kier alpha value is -3.48. The van der Waals surface area contributed by atoms with Gasteiger partial charge in [0.25, 0.3) is 0 Å². The number of rotatable bonds is 5. The van der Waals surface area contributed by atoms with Gasteiger partial charge in [0.1, 0.15) is 18.2 Å². The number of cyclic esters (lactones) is 1.